The van der Waals surface area contributed by atoms with E-state index in [0.29, 0.717) is 24.5 Å². The molecular weight excluding hydrogens is 490 g/mol. The van der Waals surface area contributed by atoms with Crippen LogP contribution >= 0.6 is 0 Å². The fourth-order valence-electron chi connectivity index (χ4n) is 4.79. The smallest absolute Gasteiger partial charge is 0.271 e. The normalized spacial score (nSPS) is 21.3. The van der Waals surface area contributed by atoms with Crippen LogP contribution in [0.5, 0.6) is 0 Å². The van der Waals surface area contributed by atoms with Crippen LogP contribution in [0.4, 0.5) is 5.69 Å². The molecule has 4 rings (SSSR count). The van der Waals surface area contributed by atoms with Gasteiger partial charge in [0.05, 0.1) is 11.4 Å². The van der Waals surface area contributed by atoms with Crippen LogP contribution in [0.1, 0.15) is 45.1 Å². The maximum Gasteiger partial charge on any atom is 0.271 e. The topological polar surface area (TPSA) is 63.9 Å². The van der Waals surface area contributed by atoms with E-state index < -0.39 is 15.7 Å². The molecule has 2 aromatic rings. The van der Waals surface area contributed by atoms with Crippen LogP contribution in [0.25, 0.3) is 0 Å². The third-order valence-electron chi connectivity index (χ3n) is 6.44. The van der Waals surface area contributed by atoms with Gasteiger partial charge < -0.3 is 22.1 Å². The Kier molecular flexibility index (Phi) is 7.81. The van der Waals surface area contributed by atoms with Crippen molar-refractivity contribution in [2.24, 2.45) is 0 Å². The maximum absolute atomic E-state index is 13.1. The first-order valence-electron chi connectivity index (χ1n) is 11.2. The zero-order valence-electron chi connectivity index (χ0n) is 18.7. The van der Waals surface area contributed by atoms with Crippen molar-refractivity contribution in [3.05, 3.63) is 60.2 Å². The van der Waals surface area contributed by atoms with Crippen LogP contribution < -0.4 is 21.9 Å². The molecule has 0 saturated heterocycles. The van der Waals surface area contributed by atoms with E-state index in [1.807, 2.05) is 50.2 Å². The number of benzene rings is 2. The third-order valence-corrected chi connectivity index (χ3v) is 8.48. The van der Waals surface area contributed by atoms with Gasteiger partial charge in [-0.25, -0.2) is 17.9 Å². The van der Waals surface area contributed by atoms with Crippen molar-refractivity contribution in [1.29, 1.82) is 0 Å². The number of β-amino-alcohol motifs (C(OH)–C–C–N with tert-alkyl or cyclic N) is 1. The summed E-state index contributed by atoms with van der Waals surface area (Å²) in [4.78, 5) is 2.41. The third kappa shape index (κ3) is 4.38. The van der Waals surface area contributed by atoms with Crippen LogP contribution in [0.2, 0.25) is 0 Å². The summed E-state index contributed by atoms with van der Waals surface area (Å²) >= 11 is 0. The van der Waals surface area contributed by atoms with Gasteiger partial charge in [-0.1, -0.05) is 50.2 Å². The van der Waals surface area contributed by atoms with Crippen molar-refractivity contribution < 1.29 is 35.1 Å². The Morgan fingerprint density at radius 1 is 1.03 bits per heavy atom. The van der Waals surface area contributed by atoms with E-state index in [0.717, 1.165) is 49.3 Å². The lowest BCUT2D eigenvalue weighted by molar-refractivity contribution is -0.658. The highest BCUT2D eigenvalue weighted by Crippen LogP contribution is 2.36. The average Bonchev–Trinajstić information content (AvgIpc) is 2.93. The van der Waals surface area contributed by atoms with E-state index in [1.165, 1.54) is 4.31 Å². The first kappa shape index (κ1) is 24.9. The van der Waals surface area contributed by atoms with E-state index >= 15 is 0 Å². The molecule has 2 aliphatic rings. The molecule has 1 unspecified atom stereocenters. The van der Waals surface area contributed by atoms with Gasteiger partial charge in [-0.15, -0.1) is 0 Å². The quantitative estimate of drug-likeness (QED) is 0.558. The van der Waals surface area contributed by atoms with Gasteiger partial charge in [0, 0.05) is 31.1 Å². The summed E-state index contributed by atoms with van der Waals surface area (Å²) in [6, 6.07) is 16.9. The first-order chi connectivity index (χ1) is 14.9. The monoisotopic (exact) mass is 521 g/mol. The molecular formula is C24H32BrN3O3S. The molecule has 0 bridgehead atoms. The second-order valence-corrected chi connectivity index (χ2v) is 10.2. The lowest BCUT2D eigenvalue weighted by atomic mass is 10.0. The van der Waals surface area contributed by atoms with E-state index in [2.05, 4.69) is 9.48 Å². The van der Waals surface area contributed by atoms with Crippen molar-refractivity contribution in [1.82, 2.24) is 4.31 Å². The SMILES string of the molecule is CCN(CC)S(=O)(=O)c1cccc(N2CC(O)(c3ccccc3)[N+]3=C2CCCCC3)c1.[Br-]. The molecule has 2 aromatic carbocycles. The van der Waals surface area contributed by atoms with Crippen molar-refractivity contribution in [2.75, 3.05) is 31.1 Å². The minimum Gasteiger partial charge on any atom is -1.00 e. The van der Waals surface area contributed by atoms with Gasteiger partial charge in [0.15, 0.2) is 6.54 Å². The van der Waals surface area contributed by atoms with E-state index in [4.69, 9.17) is 0 Å². The molecule has 0 amide bonds. The van der Waals surface area contributed by atoms with Gasteiger partial charge in [0.2, 0.25) is 10.0 Å². The number of nitrogens with zero attached hydrogens (tertiary/aromatic N) is 3. The predicted octanol–water partition coefficient (Wildman–Crippen LogP) is 0.371. The molecule has 6 nitrogen and oxygen atoms in total. The number of rotatable bonds is 6. The number of sulfonamides is 1. The van der Waals surface area contributed by atoms with Crippen LogP contribution in [0.3, 0.4) is 0 Å². The molecule has 2 aliphatic heterocycles. The highest BCUT2D eigenvalue weighted by molar-refractivity contribution is 7.89. The standard InChI is InChI=1S/C24H32N3O3S.BrH/c1-3-25(4-2)31(29,30)22-15-11-14-21(18-22)26-19-24(28,20-12-7-5-8-13-20)27-17-10-6-9-16-23(26)27;/h5,7-8,11-15,18,28H,3-4,6,9-10,16-17,19H2,1-2H3;1H/q+1;/p-1. The molecule has 0 fully saturated rings. The molecule has 0 spiro atoms. The Hall–Kier alpha value is -1.74. The van der Waals surface area contributed by atoms with Crippen LogP contribution in [-0.2, 0) is 15.7 Å². The predicted molar refractivity (Wildman–Crippen MR) is 123 cm³/mol. The molecule has 32 heavy (non-hydrogen) atoms. The van der Waals surface area contributed by atoms with Crippen LogP contribution in [-0.4, -0.2) is 54.4 Å². The van der Waals surface area contributed by atoms with Gasteiger partial charge >= 0.3 is 0 Å². The Balaban J connectivity index is 0.00000289. The second-order valence-electron chi connectivity index (χ2n) is 8.23. The highest BCUT2D eigenvalue weighted by Gasteiger charge is 2.52. The van der Waals surface area contributed by atoms with E-state index in [9.17, 15) is 13.5 Å². The highest BCUT2D eigenvalue weighted by atomic mass is 79.9. The Morgan fingerprint density at radius 3 is 2.44 bits per heavy atom. The summed E-state index contributed by atoms with van der Waals surface area (Å²) in [5, 5.41) is 11.8. The maximum atomic E-state index is 13.1. The number of aliphatic hydroxyl groups is 1. The van der Waals surface area contributed by atoms with Crippen molar-refractivity contribution in [3.8, 4) is 0 Å². The fourth-order valence-corrected chi connectivity index (χ4v) is 6.29. The zero-order valence-corrected chi connectivity index (χ0v) is 21.1. The van der Waals surface area contributed by atoms with Crippen molar-refractivity contribution >= 4 is 21.5 Å². The van der Waals surface area contributed by atoms with Gasteiger partial charge in [-0.2, -0.15) is 4.31 Å². The molecule has 0 aromatic heterocycles. The fraction of sp³-hybridized carbons (Fsp3) is 0.458. The second kappa shape index (κ2) is 10.0. The van der Waals surface area contributed by atoms with Crippen molar-refractivity contribution in [2.45, 2.75) is 50.2 Å². The summed E-state index contributed by atoms with van der Waals surface area (Å²) in [5.41, 5.74) is 0.542. The number of anilines is 1. The van der Waals surface area contributed by atoms with E-state index in [-0.39, 0.29) is 17.0 Å². The summed E-state index contributed by atoms with van der Waals surface area (Å²) in [5.74, 6) is 1.07. The number of hydrogen-bond donors (Lipinski definition) is 1. The molecule has 174 valence electrons. The summed E-state index contributed by atoms with van der Waals surface area (Å²) in [7, 11) is -3.55. The number of hydrogen-bond acceptors (Lipinski definition) is 4. The summed E-state index contributed by atoms with van der Waals surface area (Å²) in [6.45, 7) is 5.74. The minimum absolute atomic E-state index is 0. The zero-order chi connectivity index (χ0) is 22.1. The molecule has 0 radical (unpaired) electrons. The van der Waals surface area contributed by atoms with Gasteiger partial charge in [-0.05, 0) is 31.4 Å². The van der Waals surface area contributed by atoms with Gasteiger partial charge in [-0.3, -0.25) is 0 Å². The largest absolute Gasteiger partial charge is 1.00 e. The minimum atomic E-state index is -3.55. The lowest BCUT2D eigenvalue weighted by Crippen LogP contribution is -3.00. The molecule has 0 saturated carbocycles. The number of halogens is 1. The molecule has 8 heteroatoms. The van der Waals surface area contributed by atoms with Crippen LogP contribution in [0.15, 0.2) is 59.5 Å². The molecule has 1 atom stereocenters. The molecule has 0 aliphatic carbocycles. The number of amidine groups is 1. The first-order valence-corrected chi connectivity index (χ1v) is 12.6. The average molecular weight is 523 g/mol. The summed E-state index contributed by atoms with van der Waals surface area (Å²) < 4.78 is 29.8. The van der Waals surface area contributed by atoms with Gasteiger partial charge in [0.25, 0.3) is 11.6 Å². The Morgan fingerprint density at radius 2 is 1.75 bits per heavy atom. The van der Waals surface area contributed by atoms with Gasteiger partial charge in [0.1, 0.15) is 5.69 Å². The van der Waals surface area contributed by atoms with Crippen molar-refractivity contribution in [3.63, 3.8) is 0 Å². The molecule has 1 N–H and O–H groups in total. The Labute approximate surface area is 202 Å². The summed E-state index contributed by atoms with van der Waals surface area (Å²) in [6.07, 6.45) is 4.07. The lowest BCUT2D eigenvalue weighted by Gasteiger charge is -2.23. The van der Waals surface area contributed by atoms with Crippen LogP contribution in [0, 0.1) is 0 Å². The molecule has 2 heterocycles. The van der Waals surface area contributed by atoms with E-state index in [1.54, 1.807) is 18.2 Å². The Bertz CT molecular complexity index is 1070.